The molecule has 0 aliphatic rings. The molecular weight excluding hydrogens is 198 g/mol. The zero-order valence-electron chi connectivity index (χ0n) is 10.9. The van der Waals surface area contributed by atoms with Crippen molar-refractivity contribution in [3.8, 4) is 5.75 Å². The number of nitrogens with one attached hydrogen (secondary N) is 1. The molecule has 0 saturated carbocycles. The van der Waals surface area contributed by atoms with Crippen LogP contribution in [-0.2, 0) is 6.54 Å². The third-order valence-electron chi connectivity index (χ3n) is 2.55. The first-order valence-electron chi connectivity index (χ1n) is 6.12. The predicted molar refractivity (Wildman–Crippen MR) is 69.1 cm³/mol. The molecule has 0 bridgehead atoms. The summed E-state index contributed by atoms with van der Waals surface area (Å²) < 4.78 is 5.76. The Labute approximate surface area is 99.0 Å². The molecule has 1 aromatic rings. The molecule has 1 aromatic carbocycles. The Hall–Kier alpha value is -1.02. The molecule has 0 radical (unpaired) electrons. The fraction of sp³-hybridized carbons (Fsp3) is 0.571. The molecule has 90 valence electrons. The summed E-state index contributed by atoms with van der Waals surface area (Å²) in [6, 6.07) is 4.42. The van der Waals surface area contributed by atoms with E-state index in [1.807, 2.05) is 0 Å². The second kappa shape index (κ2) is 6.54. The average Bonchev–Trinajstić information content (AvgIpc) is 2.25. The number of rotatable bonds is 6. The standard InChI is InChI=1S/C14H23NO/c1-5-7-16-14-11(3)8-13(9-12(14)4)10-15-6-2/h8-9,15H,5-7,10H2,1-4H3. The van der Waals surface area contributed by atoms with Gasteiger partial charge in [0.1, 0.15) is 5.75 Å². The van der Waals surface area contributed by atoms with Gasteiger partial charge in [-0.05, 0) is 43.5 Å². The Kier molecular flexibility index (Phi) is 5.33. The van der Waals surface area contributed by atoms with Gasteiger partial charge >= 0.3 is 0 Å². The van der Waals surface area contributed by atoms with Gasteiger partial charge in [-0.15, -0.1) is 0 Å². The van der Waals surface area contributed by atoms with E-state index in [1.54, 1.807) is 0 Å². The summed E-state index contributed by atoms with van der Waals surface area (Å²) in [5.41, 5.74) is 3.81. The summed E-state index contributed by atoms with van der Waals surface area (Å²) in [7, 11) is 0. The average molecular weight is 221 g/mol. The normalized spacial score (nSPS) is 10.5. The maximum atomic E-state index is 5.76. The van der Waals surface area contributed by atoms with E-state index >= 15 is 0 Å². The summed E-state index contributed by atoms with van der Waals surface area (Å²) >= 11 is 0. The van der Waals surface area contributed by atoms with Crippen LogP contribution in [0.25, 0.3) is 0 Å². The van der Waals surface area contributed by atoms with E-state index in [0.29, 0.717) is 0 Å². The highest BCUT2D eigenvalue weighted by Crippen LogP contribution is 2.24. The molecule has 0 aromatic heterocycles. The lowest BCUT2D eigenvalue weighted by Gasteiger charge is -2.13. The second-order valence-corrected chi connectivity index (χ2v) is 4.19. The Bertz CT molecular complexity index is 311. The van der Waals surface area contributed by atoms with E-state index in [4.69, 9.17) is 4.74 Å². The first kappa shape index (κ1) is 13.0. The van der Waals surface area contributed by atoms with Crippen molar-refractivity contribution in [2.45, 2.75) is 40.7 Å². The molecule has 0 aliphatic heterocycles. The summed E-state index contributed by atoms with van der Waals surface area (Å²) in [6.45, 7) is 11.2. The Balaban J connectivity index is 2.80. The largest absolute Gasteiger partial charge is 0.493 e. The molecule has 16 heavy (non-hydrogen) atoms. The van der Waals surface area contributed by atoms with Gasteiger partial charge in [-0.1, -0.05) is 26.0 Å². The Morgan fingerprint density at radius 3 is 2.25 bits per heavy atom. The molecule has 1 N–H and O–H groups in total. The van der Waals surface area contributed by atoms with Crippen molar-refractivity contribution in [1.82, 2.24) is 5.32 Å². The van der Waals surface area contributed by atoms with Crippen molar-refractivity contribution in [2.75, 3.05) is 13.2 Å². The van der Waals surface area contributed by atoms with Crippen molar-refractivity contribution in [1.29, 1.82) is 0 Å². The zero-order chi connectivity index (χ0) is 12.0. The van der Waals surface area contributed by atoms with Crippen LogP contribution in [0.15, 0.2) is 12.1 Å². The molecular formula is C14H23NO. The van der Waals surface area contributed by atoms with Gasteiger partial charge in [0.25, 0.3) is 0 Å². The Morgan fingerprint density at radius 1 is 1.12 bits per heavy atom. The first-order chi connectivity index (χ1) is 7.69. The maximum absolute atomic E-state index is 5.76. The highest BCUT2D eigenvalue weighted by Gasteiger charge is 2.05. The van der Waals surface area contributed by atoms with Crippen LogP contribution in [0.1, 0.15) is 37.0 Å². The maximum Gasteiger partial charge on any atom is 0.125 e. The zero-order valence-corrected chi connectivity index (χ0v) is 10.9. The summed E-state index contributed by atoms with van der Waals surface area (Å²) in [5.74, 6) is 1.06. The third-order valence-corrected chi connectivity index (χ3v) is 2.55. The van der Waals surface area contributed by atoms with Crippen molar-refractivity contribution in [3.63, 3.8) is 0 Å². The third kappa shape index (κ3) is 3.53. The predicted octanol–water partition coefficient (Wildman–Crippen LogP) is 3.20. The molecule has 0 fully saturated rings. The van der Waals surface area contributed by atoms with Gasteiger partial charge < -0.3 is 10.1 Å². The van der Waals surface area contributed by atoms with Crippen molar-refractivity contribution in [3.05, 3.63) is 28.8 Å². The minimum atomic E-state index is 0.800. The lowest BCUT2D eigenvalue weighted by Crippen LogP contribution is -2.12. The summed E-state index contributed by atoms with van der Waals surface area (Å²) in [4.78, 5) is 0. The minimum Gasteiger partial charge on any atom is -0.493 e. The van der Waals surface area contributed by atoms with E-state index in [1.165, 1.54) is 16.7 Å². The SMILES string of the molecule is CCCOc1c(C)cc(CNCC)cc1C. The lowest BCUT2D eigenvalue weighted by atomic mass is 10.1. The lowest BCUT2D eigenvalue weighted by molar-refractivity contribution is 0.313. The highest BCUT2D eigenvalue weighted by atomic mass is 16.5. The van der Waals surface area contributed by atoms with E-state index in [0.717, 1.165) is 31.9 Å². The summed E-state index contributed by atoms with van der Waals surface area (Å²) in [6.07, 6.45) is 1.05. The van der Waals surface area contributed by atoms with E-state index in [2.05, 4.69) is 45.1 Å². The molecule has 0 unspecified atom stereocenters. The molecule has 0 saturated heterocycles. The van der Waals surface area contributed by atoms with Gasteiger partial charge in [-0.2, -0.15) is 0 Å². The molecule has 0 amide bonds. The Morgan fingerprint density at radius 2 is 1.75 bits per heavy atom. The van der Waals surface area contributed by atoms with Crippen LogP contribution >= 0.6 is 0 Å². The number of aryl methyl sites for hydroxylation is 2. The number of hydrogen-bond acceptors (Lipinski definition) is 2. The van der Waals surface area contributed by atoms with E-state index in [9.17, 15) is 0 Å². The molecule has 0 heterocycles. The van der Waals surface area contributed by atoms with Gasteiger partial charge in [0.05, 0.1) is 6.61 Å². The molecule has 1 rings (SSSR count). The molecule has 0 spiro atoms. The van der Waals surface area contributed by atoms with Crippen LogP contribution in [-0.4, -0.2) is 13.2 Å². The molecule has 2 nitrogen and oxygen atoms in total. The fourth-order valence-corrected chi connectivity index (χ4v) is 1.84. The van der Waals surface area contributed by atoms with Crippen LogP contribution in [0.3, 0.4) is 0 Å². The van der Waals surface area contributed by atoms with Crippen molar-refractivity contribution >= 4 is 0 Å². The number of ether oxygens (including phenoxy) is 1. The first-order valence-corrected chi connectivity index (χ1v) is 6.12. The molecule has 0 atom stereocenters. The molecule has 0 aliphatic carbocycles. The second-order valence-electron chi connectivity index (χ2n) is 4.19. The quantitative estimate of drug-likeness (QED) is 0.796. The summed E-state index contributed by atoms with van der Waals surface area (Å²) in [5, 5.41) is 3.34. The van der Waals surface area contributed by atoms with Gasteiger partial charge in [0.2, 0.25) is 0 Å². The van der Waals surface area contributed by atoms with E-state index < -0.39 is 0 Å². The van der Waals surface area contributed by atoms with Crippen LogP contribution < -0.4 is 10.1 Å². The topological polar surface area (TPSA) is 21.3 Å². The van der Waals surface area contributed by atoms with Crippen molar-refractivity contribution < 1.29 is 4.74 Å². The van der Waals surface area contributed by atoms with Crippen LogP contribution in [0.4, 0.5) is 0 Å². The monoisotopic (exact) mass is 221 g/mol. The number of hydrogen-bond donors (Lipinski definition) is 1. The van der Waals surface area contributed by atoms with Crippen LogP contribution in [0.2, 0.25) is 0 Å². The minimum absolute atomic E-state index is 0.800. The number of benzene rings is 1. The van der Waals surface area contributed by atoms with Crippen LogP contribution in [0, 0.1) is 13.8 Å². The van der Waals surface area contributed by atoms with Crippen LogP contribution in [0.5, 0.6) is 5.75 Å². The van der Waals surface area contributed by atoms with Gasteiger partial charge in [-0.3, -0.25) is 0 Å². The van der Waals surface area contributed by atoms with Gasteiger partial charge in [0.15, 0.2) is 0 Å². The van der Waals surface area contributed by atoms with Gasteiger partial charge in [0, 0.05) is 6.54 Å². The van der Waals surface area contributed by atoms with E-state index in [-0.39, 0.29) is 0 Å². The molecule has 2 heteroatoms. The highest BCUT2D eigenvalue weighted by molar-refractivity contribution is 5.43. The van der Waals surface area contributed by atoms with Gasteiger partial charge in [-0.25, -0.2) is 0 Å². The van der Waals surface area contributed by atoms with Crippen molar-refractivity contribution in [2.24, 2.45) is 0 Å². The fourth-order valence-electron chi connectivity index (χ4n) is 1.84. The smallest absolute Gasteiger partial charge is 0.125 e.